The van der Waals surface area contributed by atoms with Crippen LogP contribution in [0.1, 0.15) is 20.3 Å². The van der Waals surface area contributed by atoms with Crippen LogP contribution in [0.15, 0.2) is 0 Å². The molecule has 6 heteroatoms. The highest BCUT2D eigenvalue weighted by molar-refractivity contribution is 5.78. The van der Waals surface area contributed by atoms with E-state index in [4.69, 9.17) is 5.11 Å². The molecule has 6 nitrogen and oxygen atoms in total. The summed E-state index contributed by atoms with van der Waals surface area (Å²) >= 11 is 0. The maximum Gasteiger partial charge on any atom is 0.306 e. The lowest BCUT2D eigenvalue weighted by atomic mass is 10.2. The fourth-order valence-corrected chi connectivity index (χ4v) is 1.60. The Hall–Kier alpha value is -1.14. The molecule has 0 fully saturated rings. The van der Waals surface area contributed by atoms with E-state index in [1.165, 1.54) is 0 Å². The van der Waals surface area contributed by atoms with Crippen LogP contribution in [0.25, 0.3) is 0 Å². The Labute approximate surface area is 102 Å². The van der Waals surface area contributed by atoms with Gasteiger partial charge in [-0.3, -0.25) is 14.5 Å². The summed E-state index contributed by atoms with van der Waals surface area (Å²) in [6.45, 7) is 5.49. The minimum absolute atomic E-state index is 0.0139. The Morgan fingerprint density at radius 2 is 1.76 bits per heavy atom. The molecule has 0 radical (unpaired) electrons. The maximum atomic E-state index is 11.7. The van der Waals surface area contributed by atoms with E-state index in [1.807, 2.05) is 13.8 Å². The first-order valence-corrected chi connectivity index (χ1v) is 5.76. The van der Waals surface area contributed by atoms with Gasteiger partial charge in [0.15, 0.2) is 0 Å². The lowest BCUT2D eigenvalue weighted by molar-refractivity contribution is -0.139. The van der Waals surface area contributed by atoms with Crippen LogP contribution in [0, 0.1) is 0 Å². The molecule has 2 N–H and O–H groups in total. The Morgan fingerprint density at radius 3 is 2.18 bits per heavy atom. The average molecular weight is 246 g/mol. The van der Waals surface area contributed by atoms with Gasteiger partial charge in [-0.25, -0.2) is 0 Å². The maximum absolute atomic E-state index is 11.7. The average Bonchev–Trinajstić information content (AvgIpc) is 2.17. The summed E-state index contributed by atoms with van der Waals surface area (Å²) in [5, 5.41) is 17.9. The van der Waals surface area contributed by atoms with Gasteiger partial charge in [-0.05, 0) is 20.9 Å². The van der Waals surface area contributed by atoms with E-state index >= 15 is 0 Å². The van der Waals surface area contributed by atoms with Gasteiger partial charge in [0.2, 0.25) is 5.91 Å². The zero-order valence-corrected chi connectivity index (χ0v) is 10.7. The van der Waals surface area contributed by atoms with E-state index in [0.29, 0.717) is 13.1 Å². The van der Waals surface area contributed by atoms with Crippen LogP contribution >= 0.6 is 0 Å². The van der Waals surface area contributed by atoms with Crippen LogP contribution in [0.3, 0.4) is 0 Å². The normalized spacial score (nSPS) is 12.5. The number of rotatable bonds is 8. The molecule has 0 bridgehead atoms. The number of carbonyl (C=O) groups excluding carboxylic acids is 1. The highest BCUT2D eigenvalue weighted by atomic mass is 16.4. The SMILES string of the molecule is CCN(CC)C(=O)CN(C)CC(O)CC(=O)O. The van der Waals surface area contributed by atoms with Crippen molar-refractivity contribution in [3.8, 4) is 0 Å². The Kier molecular flexibility index (Phi) is 7.49. The highest BCUT2D eigenvalue weighted by Gasteiger charge is 2.16. The highest BCUT2D eigenvalue weighted by Crippen LogP contribution is 1.97. The summed E-state index contributed by atoms with van der Waals surface area (Å²) in [5.74, 6) is -1.05. The molecule has 1 amide bonds. The molecule has 0 aromatic rings. The molecule has 0 heterocycles. The summed E-state index contributed by atoms with van der Waals surface area (Å²) in [4.78, 5) is 25.4. The van der Waals surface area contributed by atoms with Crippen LogP contribution < -0.4 is 0 Å². The smallest absolute Gasteiger partial charge is 0.306 e. The van der Waals surface area contributed by atoms with E-state index in [2.05, 4.69) is 0 Å². The zero-order valence-electron chi connectivity index (χ0n) is 10.7. The molecule has 1 unspecified atom stereocenters. The van der Waals surface area contributed by atoms with Gasteiger partial charge in [0.05, 0.1) is 19.1 Å². The minimum atomic E-state index is -1.04. The second-order valence-corrected chi connectivity index (χ2v) is 4.01. The first-order valence-electron chi connectivity index (χ1n) is 5.76. The monoisotopic (exact) mass is 246 g/mol. The Bertz CT molecular complexity index is 254. The number of nitrogens with zero attached hydrogens (tertiary/aromatic N) is 2. The fourth-order valence-electron chi connectivity index (χ4n) is 1.60. The molecule has 17 heavy (non-hydrogen) atoms. The number of carboxylic acids is 1. The van der Waals surface area contributed by atoms with Gasteiger partial charge < -0.3 is 15.1 Å². The third-order valence-electron chi connectivity index (χ3n) is 2.45. The van der Waals surface area contributed by atoms with Crippen LogP contribution in [0.5, 0.6) is 0 Å². The van der Waals surface area contributed by atoms with Crippen LogP contribution in [0.2, 0.25) is 0 Å². The van der Waals surface area contributed by atoms with Gasteiger partial charge in [0.25, 0.3) is 0 Å². The van der Waals surface area contributed by atoms with Gasteiger partial charge in [-0.1, -0.05) is 0 Å². The molecular weight excluding hydrogens is 224 g/mol. The van der Waals surface area contributed by atoms with Gasteiger partial charge in [0, 0.05) is 19.6 Å². The van der Waals surface area contributed by atoms with Gasteiger partial charge in [0.1, 0.15) is 0 Å². The van der Waals surface area contributed by atoms with Crippen molar-refractivity contribution in [1.82, 2.24) is 9.80 Å². The van der Waals surface area contributed by atoms with E-state index in [0.717, 1.165) is 0 Å². The predicted molar refractivity (Wildman–Crippen MR) is 63.7 cm³/mol. The lowest BCUT2D eigenvalue weighted by Gasteiger charge is -2.24. The number of aliphatic carboxylic acids is 1. The van der Waals surface area contributed by atoms with Crippen molar-refractivity contribution in [2.75, 3.05) is 33.2 Å². The summed E-state index contributed by atoms with van der Waals surface area (Å²) in [6, 6.07) is 0. The summed E-state index contributed by atoms with van der Waals surface area (Å²) in [5.41, 5.74) is 0. The molecule has 0 aliphatic rings. The van der Waals surface area contributed by atoms with Crippen molar-refractivity contribution < 1.29 is 19.8 Å². The lowest BCUT2D eigenvalue weighted by Crippen LogP contribution is -2.41. The van der Waals surface area contributed by atoms with Crippen molar-refractivity contribution >= 4 is 11.9 Å². The molecule has 0 saturated heterocycles. The molecule has 0 aromatic carbocycles. The molecule has 0 aromatic heterocycles. The molecule has 1 atom stereocenters. The van der Waals surface area contributed by atoms with Crippen molar-refractivity contribution in [2.24, 2.45) is 0 Å². The van der Waals surface area contributed by atoms with Crippen LogP contribution in [-0.2, 0) is 9.59 Å². The molecule has 0 spiro atoms. The number of amides is 1. The molecule has 0 saturated carbocycles. The summed E-state index contributed by atoms with van der Waals surface area (Å²) in [6.07, 6.45) is -1.24. The van der Waals surface area contributed by atoms with Crippen LogP contribution in [-0.4, -0.2) is 71.2 Å². The molecule has 0 aliphatic carbocycles. The molecule has 0 aliphatic heterocycles. The van der Waals surface area contributed by atoms with Crippen molar-refractivity contribution in [1.29, 1.82) is 0 Å². The first-order chi connectivity index (χ1) is 7.90. The predicted octanol–water partition coefficient (Wildman–Crippen LogP) is -0.378. The second kappa shape index (κ2) is 8.03. The molecular formula is C11H22N2O4. The quantitative estimate of drug-likeness (QED) is 0.610. The topological polar surface area (TPSA) is 81.1 Å². The Morgan fingerprint density at radius 1 is 1.24 bits per heavy atom. The summed E-state index contributed by atoms with van der Waals surface area (Å²) in [7, 11) is 1.69. The third-order valence-corrected chi connectivity index (χ3v) is 2.45. The molecule has 100 valence electrons. The second-order valence-electron chi connectivity index (χ2n) is 4.01. The minimum Gasteiger partial charge on any atom is -0.481 e. The van der Waals surface area contributed by atoms with Crippen molar-refractivity contribution in [2.45, 2.75) is 26.4 Å². The largest absolute Gasteiger partial charge is 0.481 e. The number of hydrogen-bond acceptors (Lipinski definition) is 4. The number of aliphatic hydroxyl groups excluding tert-OH is 1. The van der Waals surface area contributed by atoms with Crippen molar-refractivity contribution in [3.63, 3.8) is 0 Å². The third kappa shape index (κ3) is 6.91. The van der Waals surface area contributed by atoms with Gasteiger partial charge >= 0.3 is 5.97 Å². The number of hydrogen-bond donors (Lipinski definition) is 2. The number of carboxylic acid groups (broad SMARTS) is 1. The van der Waals surface area contributed by atoms with E-state index in [-0.39, 0.29) is 25.4 Å². The fraction of sp³-hybridized carbons (Fsp3) is 0.818. The standard InChI is InChI=1S/C11H22N2O4/c1-4-13(5-2)10(15)8-12(3)7-9(14)6-11(16)17/h9,14H,4-8H2,1-3H3,(H,16,17). The molecule has 0 rings (SSSR count). The number of carbonyl (C=O) groups is 2. The van der Waals surface area contributed by atoms with E-state index in [9.17, 15) is 14.7 Å². The summed E-state index contributed by atoms with van der Waals surface area (Å²) < 4.78 is 0. The first kappa shape index (κ1) is 15.9. The number of aliphatic hydroxyl groups is 1. The van der Waals surface area contributed by atoms with Crippen LogP contribution in [0.4, 0.5) is 0 Å². The Balaban J connectivity index is 4.04. The van der Waals surface area contributed by atoms with Crippen molar-refractivity contribution in [3.05, 3.63) is 0 Å². The van der Waals surface area contributed by atoms with Gasteiger partial charge in [-0.2, -0.15) is 0 Å². The zero-order chi connectivity index (χ0) is 13.4. The van der Waals surface area contributed by atoms with E-state index < -0.39 is 12.1 Å². The van der Waals surface area contributed by atoms with Gasteiger partial charge in [-0.15, -0.1) is 0 Å². The van der Waals surface area contributed by atoms with E-state index in [1.54, 1.807) is 16.8 Å². The number of likely N-dealkylation sites (N-methyl/N-ethyl adjacent to an activating group) is 2.